The molecule has 0 bridgehead atoms. The molecule has 0 saturated heterocycles. The molecule has 0 heterocycles. The van der Waals surface area contributed by atoms with E-state index in [9.17, 15) is 8.42 Å². The fourth-order valence-corrected chi connectivity index (χ4v) is 3.33. The minimum absolute atomic E-state index is 0. The highest BCUT2D eigenvalue weighted by molar-refractivity contribution is 14.0. The lowest BCUT2D eigenvalue weighted by molar-refractivity contribution is 0.481. The number of guanidine groups is 1. The first kappa shape index (κ1) is 20.9. The van der Waals surface area contributed by atoms with E-state index in [0.717, 1.165) is 18.4 Å². The van der Waals surface area contributed by atoms with Crippen LogP contribution in [0.5, 0.6) is 0 Å². The molecule has 1 rings (SSSR count). The normalized spacial score (nSPS) is 16.6. The predicted molar refractivity (Wildman–Crippen MR) is 100 cm³/mol. The maximum absolute atomic E-state index is 11.0. The maximum atomic E-state index is 11.0. The van der Waals surface area contributed by atoms with Crippen LogP contribution in [0.25, 0.3) is 0 Å². The Morgan fingerprint density at radius 1 is 1.14 bits per heavy atom. The summed E-state index contributed by atoms with van der Waals surface area (Å²) in [4.78, 5) is 4.14. The lowest BCUT2D eigenvalue weighted by atomic mass is 10.0. The zero-order chi connectivity index (χ0) is 14.8. The molecule has 0 spiro atoms. The Kier molecular flexibility index (Phi) is 11.5. The molecule has 0 radical (unpaired) electrons. The summed E-state index contributed by atoms with van der Waals surface area (Å²) in [5.74, 6) is 1.92. The SMILES string of the molecule is CN=C(NCCCC1CCCC1)NCCCS(C)(=O)=O.I. The Balaban J connectivity index is 0.00000400. The second-order valence-electron chi connectivity index (χ2n) is 5.70. The van der Waals surface area contributed by atoms with Crippen LogP contribution >= 0.6 is 24.0 Å². The van der Waals surface area contributed by atoms with E-state index in [4.69, 9.17) is 0 Å². The molecule has 0 aliphatic heterocycles. The van der Waals surface area contributed by atoms with Crippen molar-refractivity contribution in [3.05, 3.63) is 0 Å². The molecule has 0 aromatic carbocycles. The van der Waals surface area contributed by atoms with Crippen LogP contribution in [0.3, 0.4) is 0 Å². The van der Waals surface area contributed by atoms with Crippen LogP contribution in [-0.4, -0.2) is 46.5 Å². The average Bonchev–Trinajstić information content (AvgIpc) is 2.88. The van der Waals surface area contributed by atoms with Crippen LogP contribution in [0.4, 0.5) is 0 Å². The molecular weight excluding hydrogens is 401 g/mol. The first-order chi connectivity index (χ1) is 9.51. The second-order valence-corrected chi connectivity index (χ2v) is 7.96. The van der Waals surface area contributed by atoms with Crippen molar-refractivity contribution in [2.24, 2.45) is 10.9 Å². The van der Waals surface area contributed by atoms with Crippen LogP contribution in [0.1, 0.15) is 44.9 Å². The van der Waals surface area contributed by atoms with Crippen LogP contribution in [-0.2, 0) is 9.84 Å². The van der Waals surface area contributed by atoms with Gasteiger partial charge in [-0.1, -0.05) is 25.7 Å². The van der Waals surface area contributed by atoms with Crippen molar-refractivity contribution >= 4 is 39.8 Å². The number of halogens is 1. The van der Waals surface area contributed by atoms with Gasteiger partial charge in [0.25, 0.3) is 0 Å². The first-order valence-electron chi connectivity index (χ1n) is 7.63. The highest BCUT2D eigenvalue weighted by Gasteiger charge is 2.13. The predicted octanol–water partition coefficient (Wildman–Crippen LogP) is 2.17. The van der Waals surface area contributed by atoms with Gasteiger partial charge in [0.05, 0.1) is 5.75 Å². The number of aliphatic imine (C=N–C) groups is 1. The lowest BCUT2D eigenvalue weighted by Crippen LogP contribution is -2.38. The monoisotopic (exact) mass is 431 g/mol. The zero-order valence-corrected chi connectivity index (χ0v) is 16.4. The van der Waals surface area contributed by atoms with E-state index in [1.807, 2.05) is 0 Å². The van der Waals surface area contributed by atoms with Crippen molar-refractivity contribution in [2.75, 3.05) is 32.1 Å². The van der Waals surface area contributed by atoms with Crippen LogP contribution < -0.4 is 10.6 Å². The number of hydrogen-bond donors (Lipinski definition) is 2. The van der Waals surface area contributed by atoms with E-state index >= 15 is 0 Å². The van der Waals surface area contributed by atoms with Gasteiger partial charge >= 0.3 is 0 Å². The molecule has 0 aromatic heterocycles. The van der Waals surface area contributed by atoms with Crippen molar-refractivity contribution in [3.63, 3.8) is 0 Å². The summed E-state index contributed by atoms with van der Waals surface area (Å²) in [5, 5.41) is 6.43. The average molecular weight is 431 g/mol. The van der Waals surface area contributed by atoms with Gasteiger partial charge in [-0.05, 0) is 25.2 Å². The summed E-state index contributed by atoms with van der Waals surface area (Å²) in [6, 6.07) is 0. The minimum atomic E-state index is -2.86. The Bertz CT molecular complexity index is 393. The van der Waals surface area contributed by atoms with Gasteiger partial charge in [-0.3, -0.25) is 4.99 Å². The summed E-state index contributed by atoms with van der Waals surface area (Å²) in [7, 11) is -1.12. The number of nitrogens with zero attached hydrogens (tertiary/aromatic N) is 1. The third-order valence-electron chi connectivity index (χ3n) is 3.76. The van der Waals surface area contributed by atoms with Crippen molar-refractivity contribution in [1.29, 1.82) is 0 Å². The third kappa shape index (κ3) is 11.2. The molecular formula is C14H30IN3O2S. The van der Waals surface area contributed by atoms with Gasteiger partial charge in [-0.25, -0.2) is 8.42 Å². The molecule has 2 N–H and O–H groups in total. The summed E-state index contributed by atoms with van der Waals surface area (Å²) >= 11 is 0. The molecule has 5 nitrogen and oxygen atoms in total. The van der Waals surface area contributed by atoms with E-state index in [1.165, 1.54) is 44.8 Å². The van der Waals surface area contributed by atoms with Gasteiger partial charge in [0.1, 0.15) is 9.84 Å². The molecule has 1 aliphatic carbocycles. The highest BCUT2D eigenvalue weighted by Crippen LogP contribution is 2.28. The second kappa shape index (κ2) is 11.5. The molecule has 21 heavy (non-hydrogen) atoms. The smallest absolute Gasteiger partial charge is 0.190 e. The number of hydrogen-bond acceptors (Lipinski definition) is 3. The van der Waals surface area contributed by atoms with Crippen molar-refractivity contribution in [3.8, 4) is 0 Å². The van der Waals surface area contributed by atoms with Gasteiger partial charge < -0.3 is 10.6 Å². The van der Waals surface area contributed by atoms with E-state index < -0.39 is 9.84 Å². The molecule has 1 aliphatic rings. The molecule has 0 amide bonds. The summed E-state index contributed by atoms with van der Waals surface area (Å²) in [6.45, 7) is 1.57. The van der Waals surface area contributed by atoms with Crippen molar-refractivity contribution in [2.45, 2.75) is 44.9 Å². The van der Waals surface area contributed by atoms with Gasteiger partial charge in [0, 0.05) is 26.4 Å². The first-order valence-corrected chi connectivity index (χ1v) is 9.69. The van der Waals surface area contributed by atoms with Crippen molar-refractivity contribution in [1.82, 2.24) is 10.6 Å². The summed E-state index contributed by atoms with van der Waals surface area (Å²) in [5.41, 5.74) is 0. The van der Waals surface area contributed by atoms with Gasteiger partial charge in [-0.15, -0.1) is 24.0 Å². The molecule has 0 unspecified atom stereocenters. The summed E-state index contributed by atoms with van der Waals surface area (Å²) < 4.78 is 22.0. The van der Waals surface area contributed by atoms with E-state index in [-0.39, 0.29) is 29.7 Å². The molecule has 0 aromatic rings. The quantitative estimate of drug-likeness (QED) is 0.268. The Hall–Kier alpha value is -0.0500. The standard InChI is InChI=1S/C14H29N3O2S.HI/c1-15-14(17-11-6-12-20(2,18)19)16-10-5-9-13-7-3-4-8-13;/h13H,3-12H2,1-2H3,(H2,15,16,17);1H. The summed E-state index contributed by atoms with van der Waals surface area (Å²) in [6.07, 6.45) is 9.97. The molecule has 1 fully saturated rings. The number of sulfone groups is 1. The molecule has 1 saturated carbocycles. The molecule has 126 valence electrons. The third-order valence-corrected chi connectivity index (χ3v) is 4.79. The fourth-order valence-electron chi connectivity index (χ4n) is 2.66. The number of nitrogens with one attached hydrogen (secondary N) is 2. The Morgan fingerprint density at radius 3 is 2.24 bits per heavy atom. The lowest BCUT2D eigenvalue weighted by Gasteiger charge is -2.13. The van der Waals surface area contributed by atoms with Gasteiger partial charge in [0.15, 0.2) is 5.96 Å². The molecule has 0 atom stereocenters. The van der Waals surface area contributed by atoms with Crippen LogP contribution in [0.15, 0.2) is 4.99 Å². The Labute approximate surface area is 146 Å². The van der Waals surface area contributed by atoms with E-state index in [2.05, 4.69) is 15.6 Å². The van der Waals surface area contributed by atoms with Gasteiger partial charge in [-0.2, -0.15) is 0 Å². The highest BCUT2D eigenvalue weighted by atomic mass is 127. The fraction of sp³-hybridized carbons (Fsp3) is 0.929. The minimum Gasteiger partial charge on any atom is -0.356 e. The maximum Gasteiger partial charge on any atom is 0.190 e. The van der Waals surface area contributed by atoms with Crippen LogP contribution in [0, 0.1) is 5.92 Å². The molecule has 7 heteroatoms. The van der Waals surface area contributed by atoms with Crippen molar-refractivity contribution < 1.29 is 8.42 Å². The Morgan fingerprint density at radius 2 is 1.71 bits per heavy atom. The van der Waals surface area contributed by atoms with E-state index in [1.54, 1.807) is 7.05 Å². The largest absolute Gasteiger partial charge is 0.356 e. The zero-order valence-electron chi connectivity index (χ0n) is 13.2. The van der Waals surface area contributed by atoms with Crippen LogP contribution in [0.2, 0.25) is 0 Å². The van der Waals surface area contributed by atoms with E-state index in [0.29, 0.717) is 13.0 Å². The van der Waals surface area contributed by atoms with Gasteiger partial charge in [0.2, 0.25) is 0 Å². The number of rotatable bonds is 8. The topological polar surface area (TPSA) is 70.6 Å².